The number of methoxy groups -OCH3 is 1. The molecule has 3 N–H and O–H groups in total. The summed E-state index contributed by atoms with van der Waals surface area (Å²) in [6.07, 6.45) is 6.34. The Morgan fingerprint density at radius 1 is 1.63 bits per heavy atom. The number of nitrogens with zero attached hydrogens (tertiary/aromatic N) is 2. The van der Waals surface area contributed by atoms with E-state index in [-0.39, 0.29) is 12.5 Å². The average Bonchev–Trinajstić information content (AvgIpc) is 2.81. The topological polar surface area (TPSA) is 82.2 Å². The second-order valence-electron chi connectivity index (χ2n) is 4.90. The van der Waals surface area contributed by atoms with Gasteiger partial charge in [-0.25, -0.2) is 4.98 Å². The largest absolute Gasteiger partial charge is 0.383 e. The smallest absolute Gasteiger partial charge is 0.239 e. The van der Waals surface area contributed by atoms with Crippen LogP contribution >= 0.6 is 0 Å². The van der Waals surface area contributed by atoms with Gasteiger partial charge in [-0.2, -0.15) is 0 Å². The molecule has 1 aliphatic rings. The van der Waals surface area contributed by atoms with Crippen LogP contribution in [0.2, 0.25) is 0 Å². The van der Waals surface area contributed by atoms with Crippen molar-refractivity contribution in [3.8, 4) is 0 Å². The van der Waals surface area contributed by atoms with Gasteiger partial charge in [-0.3, -0.25) is 4.79 Å². The summed E-state index contributed by atoms with van der Waals surface area (Å²) < 4.78 is 7.06. The van der Waals surface area contributed by atoms with Crippen molar-refractivity contribution >= 4 is 5.91 Å². The molecule has 1 aliphatic heterocycles. The van der Waals surface area contributed by atoms with Gasteiger partial charge >= 0.3 is 0 Å². The first-order valence-electron chi connectivity index (χ1n) is 6.78. The van der Waals surface area contributed by atoms with Crippen molar-refractivity contribution in [3.05, 3.63) is 17.7 Å². The molecule has 2 heterocycles. The molecule has 106 valence electrons. The lowest BCUT2D eigenvalue weighted by atomic mass is 10.2. The summed E-state index contributed by atoms with van der Waals surface area (Å²) in [5.74, 6) is 0.995. The van der Waals surface area contributed by atoms with Gasteiger partial charge in [-0.15, -0.1) is 0 Å². The van der Waals surface area contributed by atoms with Crippen LogP contribution in [0.15, 0.2) is 6.20 Å². The molecule has 6 nitrogen and oxygen atoms in total. The first kappa shape index (κ1) is 14.0. The zero-order valence-electron chi connectivity index (χ0n) is 11.4. The van der Waals surface area contributed by atoms with Crippen LogP contribution in [0.25, 0.3) is 0 Å². The van der Waals surface area contributed by atoms with Gasteiger partial charge in [-0.1, -0.05) is 0 Å². The second-order valence-corrected chi connectivity index (χ2v) is 4.90. The standard InChI is InChI=1S/C13H22N4O2/c1-19-9-11(14)13(18)15-6-5-10-8-17-7-3-2-4-12(17)16-10/h8,11H,2-7,9,14H2,1H3,(H,15,18). The number of aromatic nitrogens is 2. The highest BCUT2D eigenvalue weighted by molar-refractivity contribution is 5.81. The van der Waals surface area contributed by atoms with Crippen molar-refractivity contribution in [1.82, 2.24) is 14.9 Å². The number of nitrogens with two attached hydrogens (primary N) is 1. The van der Waals surface area contributed by atoms with Crippen LogP contribution in [-0.4, -0.2) is 41.8 Å². The molecule has 0 saturated carbocycles. The molecule has 19 heavy (non-hydrogen) atoms. The van der Waals surface area contributed by atoms with Gasteiger partial charge in [0.05, 0.1) is 12.3 Å². The van der Waals surface area contributed by atoms with Crippen molar-refractivity contribution in [3.63, 3.8) is 0 Å². The van der Waals surface area contributed by atoms with Crippen molar-refractivity contribution < 1.29 is 9.53 Å². The Kier molecular flexibility index (Phi) is 4.93. The molecule has 0 aromatic carbocycles. The van der Waals surface area contributed by atoms with Crippen LogP contribution < -0.4 is 11.1 Å². The maximum absolute atomic E-state index is 11.6. The molecule has 1 aromatic heterocycles. The van der Waals surface area contributed by atoms with Gasteiger partial charge in [0.15, 0.2) is 0 Å². The average molecular weight is 266 g/mol. The Morgan fingerprint density at radius 3 is 3.21 bits per heavy atom. The predicted molar refractivity (Wildman–Crippen MR) is 71.7 cm³/mol. The van der Waals surface area contributed by atoms with E-state index in [0.29, 0.717) is 6.54 Å². The van der Waals surface area contributed by atoms with Crippen LogP contribution in [0, 0.1) is 0 Å². The van der Waals surface area contributed by atoms with Crippen molar-refractivity contribution in [2.45, 2.75) is 38.3 Å². The molecule has 0 radical (unpaired) electrons. The van der Waals surface area contributed by atoms with E-state index < -0.39 is 6.04 Å². The molecule has 6 heteroatoms. The molecule has 1 amide bonds. The molecule has 0 spiro atoms. The van der Waals surface area contributed by atoms with E-state index in [9.17, 15) is 4.79 Å². The van der Waals surface area contributed by atoms with E-state index in [0.717, 1.165) is 25.1 Å². The summed E-state index contributed by atoms with van der Waals surface area (Å²) in [6, 6.07) is -0.597. The lowest BCUT2D eigenvalue weighted by Gasteiger charge is -2.11. The third-order valence-corrected chi connectivity index (χ3v) is 3.32. The number of rotatable bonds is 6. The first-order valence-corrected chi connectivity index (χ1v) is 6.78. The number of carbonyl (C=O) groups excluding carboxylic acids is 1. The second kappa shape index (κ2) is 6.68. The molecule has 0 bridgehead atoms. The van der Waals surface area contributed by atoms with Crippen LogP contribution in [0.1, 0.15) is 24.4 Å². The number of amides is 1. The summed E-state index contributed by atoms with van der Waals surface area (Å²) in [6.45, 7) is 1.87. The van der Waals surface area contributed by atoms with Gasteiger partial charge in [0, 0.05) is 39.2 Å². The Bertz CT molecular complexity index is 407. The molecular formula is C13H22N4O2. The van der Waals surface area contributed by atoms with Crippen LogP contribution in [-0.2, 0) is 28.9 Å². The summed E-state index contributed by atoms with van der Waals surface area (Å²) in [5.41, 5.74) is 6.67. The zero-order chi connectivity index (χ0) is 13.7. The predicted octanol–water partition coefficient (Wildman–Crippen LogP) is -0.148. The Labute approximate surface area is 113 Å². The number of fused-ring (bicyclic) bond motifs is 1. The summed E-state index contributed by atoms with van der Waals surface area (Å²) in [7, 11) is 1.53. The number of ether oxygens (including phenoxy) is 1. The zero-order valence-corrected chi connectivity index (χ0v) is 11.4. The number of imidazole rings is 1. The monoisotopic (exact) mass is 266 g/mol. The minimum Gasteiger partial charge on any atom is -0.383 e. The van der Waals surface area contributed by atoms with E-state index in [1.807, 2.05) is 0 Å². The Balaban J connectivity index is 1.76. The molecule has 0 aliphatic carbocycles. The van der Waals surface area contributed by atoms with Gasteiger partial charge in [0.1, 0.15) is 11.9 Å². The van der Waals surface area contributed by atoms with E-state index in [1.165, 1.54) is 25.8 Å². The van der Waals surface area contributed by atoms with E-state index in [1.54, 1.807) is 0 Å². The molecule has 1 aromatic rings. The van der Waals surface area contributed by atoms with E-state index in [2.05, 4.69) is 21.1 Å². The van der Waals surface area contributed by atoms with Crippen molar-refractivity contribution in [2.75, 3.05) is 20.3 Å². The Morgan fingerprint density at radius 2 is 2.47 bits per heavy atom. The maximum atomic E-state index is 11.6. The molecule has 0 fully saturated rings. The highest BCUT2D eigenvalue weighted by atomic mass is 16.5. The quantitative estimate of drug-likeness (QED) is 0.750. The van der Waals surface area contributed by atoms with Gasteiger partial charge in [0.2, 0.25) is 5.91 Å². The van der Waals surface area contributed by atoms with Gasteiger partial charge < -0.3 is 20.4 Å². The summed E-state index contributed by atoms with van der Waals surface area (Å²) in [5, 5.41) is 2.80. The highest BCUT2D eigenvalue weighted by Crippen LogP contribution is 2.14. The lowest BCUT2D eigenvalue weighted by molar-refractivity contribution is -0.123. The minimum absolute atomic E-state index is 0.175. The SMILES string of the molecule is COCC(N)C(=O)NCCc1cn2c(n1)CCCC2. The number of carbonyl (C=O) groups is 1. The van der Waals surface area contributed by atoms with Gasteiger partial charge in [-0.05, 0) is 12.8 Å². The third kappa shape index (κ3) is 3.78. The normalized spacial score (nSPS) is 15.9. The fraction of sp³-hybridized carbons (Fsp3) is 0.692. The maximum Gasteiger partial charge on any atom is 0.239 e. The van der Waals surface area contributed by atoms with Crippen molar-refractivity contribution in [2.24, 2.45) is 5.73 Å². The number of aryl methyl sites for hydroxylation is 2. The third-order valence-electron chi connectivity index (χ3n) is 3.32. The number of hydrogen-bond donors (Lipinski definition) is 2. The minimum atomic E-state index is -0.597. The summed E-state index contributed by atoms with van der Waals surface area (Å²) >= 11 is 0. The fourth-order valence-electron chi connectivity index (χ4n) is 2.29. The Hall–Kier alpha value is -1.40. The van der Waals surface area contributed by atoms with Crippen LogP contribution in [0.4, 0.5) is 0 Å². The number of hydrogen-bond acceptors (Lipinski definition) is 4. The molecule has 1 unspecified atom stereocenters. The lowest BCUT2D eigenvalue weighted by Crippen LogP contribution is -2.44. The van der Waals surface area contributed by atoms with Crippen LogP contribution in [0.5, 0.6) is 0 Å². The van der Waals surface area contributed by atoms with E-state index >= 15 is 0 Å². The molecule has 0 saturated heterocycles. The summed E-state index contributed by atoms with van der Waals surface area (Å²) in [4.78, 5) is 16.2. The molecular weight excluding hydrogens is 244 g/mol. The molecule has 2 rings (SSSR count). The first-order chi connectivity index (χ1) is 9.20. The van der Waals surface area contributed by atoms with Gasteiger partial charge in [0.25, 0.3) is 0 Å². The number of nitrogens with one attached hydrogen (secondary N) is 1. The van der Waals surface area contributed by atoms with Crippen LogP contribution in [0.3, 0.4) is 0 Å². The fourth-order valence-corrected chi connectivity index (χ4v) is 2.29. The molecule has 1 atom stereocenters. The van der Waals surface area contributed by atoms with Crippen molar-refractivity contribution in [1.29, 1.82) is 0 Å². The highest BCUT2D eigenvalue weighted by Gasteiger charge is 2.14. The van der Waals surface area contributed by atoms with E-state index in [4.69, 9.17) is 10.5 Å².